The number of rotatable bonds is 7. The molecule has 1 atom stereocenters. The molecule has 1 aliphatic heterocycles. The number of phenolic OH excluding ortho intramolecular Hbond substituents is 1. The molecule has 1 heterocycles. The molecule has 1 aliphatic rings. The Bertz CT molecular complexity index is 539. The quantitative estimate of drug-likeness (QED) is 0.805. The molecule has 5 heteroatoms. The highest BCUT2D eigenvalue weighted by Crippen LogP contribution is 2.28. The number of hydrogen-bond donors (Lipinski definition) is 2. The van der Waals surface area contributed by atoms with Crippen molar-refractivity contribution in [2.75, 3.05) is 19.7 Å². The van der Waals surface area contributed by atoms with E-state index >= 15 is 0 Å². The molecule has 0 bridgehead atoms. The van der Waals surface area contributed by atoms with Crippen molar-refractivity contribution in [2.45, 2.75) is 52.6 Å². The van der Waals surface area contributed by atoms with E-state index in [-0.39, 0.29) is 23.6 Å². The highest BCUT2D eigenvalue weighted by molar-refractivity contribution is 5.79. The molecule has 1 unspecified atom stereocenters. The first kappa shape index (κ1) is 18.6. The smallest absolute Gasteiger partial charge is 0.223 e. The molecule has 24 heavy (non-hydrogen) atoms. The van der Waals surface area contributed by atoms with E-state index in [2.05, 4.69) is 17.1 Å². The zero-order valence-corrected chi connectivity index (χ0v) is 15.0. The zero-order chi connectivity index (χ0) is 17.5. The fraction of sp³-hybridized carbons (Fsp3) is 0.632. The summed E-state index contributed by atoms with van der Waals surface area (Å²) in [5.74, 6) is 1.06. The summed E-state index contributed by atoms with van der Waals surface area (Å²) in [5, 5.41) is 12.9. The average Bonchev–Trinajstić information content (AvgIpc) is 2.58. The Hall–Kier alpha value is -1.75. The van der Waals surface area contributed by atoms with E-state index in [1.807, 2.05) is 26.0 Å². The van der Waals surface area contributed by atoms with Crippen molar-refractivity contribution in [3.8, 4) is 11.5 Å². The molecule has 1 aromatic rings. The van der Waals surface area contributed by atoms with Crippen LogP contribution in [0.15, 0.2) is 18.2 Å². The highest BCUT2D eigenvalue weighted by atomic mass is 16.5. The number of piperidine rings is 1. The van der Waals surface area contributed by atoms with Gasteiger partial charge in [0.1, 0.15) is 0 Å². The van der Waals surface area contributed by atoms with Crippen LogP contribution >= 0.6 is 0 Å². The maximum absolute atomic E-state index is 12.2. The Kier molecular flexibility index (Phi) is 6.91. The lowest BCUT2D eigenvalue weighted by Crippen LogP contribution is -2.42. The zero-order valence-electron chi connectivity index (χ0n) is 15.0. The molecule has 0 aliphatic carbocycles. The fourth-order valence-electron chi connectivity index (χ4n) is 3.00. The molecule has 1 amide bonds. The summed E-state index contributed by atoms with van der Waals surface area (Å²) in [7, 11) is 0. The van der Waals surface area contributed by atoms with E-state index in [1.54, 1.807) is 6.07 Å². The summed E-state index contributed by atoms with van der Waals surface area (Å²) in [4.78, 5) is 14.6. The van der Waals surface area contributed by atoms with E-state index in [4.69, 9.17) is 4.74 Å². The van der Waals surface area contributed by atoms with Crippen LogP contribution in [0, 0.1) is 5.92 Å². The van der Waals surface area contributed by atoms with Gasteiger partial charge in [0.05, 0.1) is 6.61 Å². The van der Waals surface area contributed by atoms with Gasteiger partial charge in [0.15, 0.2) is 11.5 Å². The second-order valence-corrected chi connectivity index (χ2v) is 6.60. The van der Waals surface area contributed by atoms with Gasteiger partial charge in [-0.05, 0) is 63.9 Å². The lowest BCUT2D eigenvalue weighted by Gasteiger charge is -2.32. The van der Waals surface area contributed by atoms with Crippen LogP contribution in [0.4, 0.5) is 0 Å². The first-order valence-electron chi connectivity index (χ1n) is 9.00. The predicted octanol–water partition coefficient (Wildman–Crippen LogP) is 2.92. The number of carbonyl (C=O) groups is 1. The summed E-state index contributed by atoms with van der Waals surface area (Å²) < 4.78 is 5.44. The standard InChI is InChI=1S/C19H30N2O3/c1-4-14(3)20-19(23)16-8-10-21(11-9-16)13-15-6-7-17(22)18(12-15)24-5-2/h6-7,12,14,16,22H,4-5,8-11,13H2,1-3H3,(H,20,23). The number of amides is 1. The molecule has 2 rings (SSSR count). The molecule has 134 valence electrons. The van der Waals surface area contributed by atoms with Gasteiger partial charge in [-0.2, -0.15) is 0 Å². The van der Waals surface area contributed by atoms with Gasteiger partial charge in [-0.15, -0.1) is 0 Å². The molecule has 0 spiro atoms. The minimum atomic E-state index is 0.133. The molecule has 5 nitrogen and oxygen atoms in total. The predicted molar refractivity (Wildman–Crippen MR) is 95.2 cm³/mol. The third-order valence-electron chi connectivity index (χ3n) is 4.69. The van der Waals surface area contributed by atoms with Gasteiger partial charge >= 0.3 is 0 Å². The van der Waals surface area contributed by atoms with Crippen molar-refractivity contribution in [1.82, 2.24) is 10.2 Å². The Morgan fingerprint density at radius 1 is 1.38 bits per heavy atom. The molecule has 1 saturated heterocycles. The minimum Gasteiger partial charge on any atom is -0.504 e. The van der Waals surface area contributed by atoms with Crippen LogP contribution < -0.4 is 10.1 Å². The summed E-state index contributed by atoms with van der Waals surface area (Å²) >= 11 is 0. The Labute approximate surface area is 145 Å². The monoisotopic (exact) mass is 334 g/mol. The van der Waals surface area contributed by atoms with Crippen LogP contribution in [-0.4, -0.2) is 41.7 Å². The molecule has 0 aromatic heterocycles. The van der Waals surface area contributed by atoms with Crippen LogP contribution in [0.3, 0.4) is 0 Å². The van der Waals surface area contributed by atoms with Gasteiger partial charge < -0.3 is 15.2 Å². The Morgan fingerprint density at radius 3 is 2.71 bits per heavy atom. The van der Waals surface area contributed by atoms with E-state index in [1.165, 1.54) is 0 Å². The maximum atomic E-state index is 12.2. The molecular weight excluding hydrogens is 304 g/mol. The van der Waals surface area contributed by atoms with Crippen molar-refractivity contribution in [3.63, 3.8) is 0 Å². The van der Waals surface area contributed by atoms with Crippen LogP contribution in [-0.2, 0) is 11.3 Å². The lowest BCUT2D eigenvalue weighted by atomic mass is 9.95. The van der Waals surface area contributed by atoms with Crippen molar-refractivity contribution < 1.29 is 14.6 Å². The summed E-state index contributed by atoms with van der Waals surface area (Å²) in [6.45, 7) is 9.23. The van der Waals surface area contributed by atoms with E-state index in [0.717, 1.165) is 44.5 Å². The van der Waals surface area contributed by atoms with Crippen LogP contribution in [0.25, 0.3) is 0 Å². The Morgan fingerprint density at radius 2 is 2.08 bits per heavy atom. The number of likely N-dealkylation sites (tertiary alicyclic amines) is 1. The van der Waals surface area contributed by atoms with Crippen LogP contribution in [0.2, 0.25) is 0 Å². The Balaban J connectivity index is 1.85. The molecular formula is C19H30N2O3. The first-order valence-corrected chi connectivity index (χ1v) is 9.00. The van der Waals surface area contributed by atoms with Gasteiger partial charge in [-0.3, -0.25) is 9.69 Å². The second-order valence-electron chi connectivity index (χ2n) is 6.60. The number of carbonyl (C=O) groups excluding carboxylic acids is 1. The average molecular weight is 334 g/mol. The maximum Gasteiger partial charge on any atom is 0.223 e. The first-order chi connectivity index (χ1) is 11.5. The number of aromatic hydroxyl groups is 1. The molecule has 0 radical (unpaired) electrons. The summed E-state index contributed by atoms with van der Waals surface area (Å²) in [6, 6.07) is 5.77. The number of ether oxygens (including phenoxy) is 1. The van der Waals surface area contributed by atoms with Crippen molar-refractivity contribution in [3.05, 3.63) is 23.8 Å². The van der Waals surface area contributed by atoms with Crippen molar-refractivity contribution >= 4 is 5.91 Å². The van der Waals surface area contributed by atoms with Gasteiger partial charge in [-0.25, -0.2) is 0 Å². The van der Waals surface area contributed by atoms with Crippen molar-refractivity contribution in [1.29, 1.82) is 0 Å². The lowest BCUT2D eigenvalue weighted by molar-refractivity contribution is -0.127. The third kappa shape index (κ3) is 5.13. The minimum absolute atomic E-state index is 0.133. The normalized spacial score (nSPS) is 17.5. The summed E-state index contributed by atoms with van der Waals surface area (Å²) in [6.07, 6.45) is 2.77. The molecule has 0 saturated carbocycles. The van der Waals surface area contributed by atoms with Gasteiger partial charge in [0, 0.05) is 18.5 Å². The van der Waals surface area contributed by atoms with E-state index < -0.39 is 0 Å². The highest BCUT2D eigenvalue weighted by Gasteiger charge is 2.25. The van der Waals surface area contributed by atoms with Gasteiger partial charge in [0.2, 0.25) is 5.91 Å². The third-order valence-corrected chi connectivity index (χ3v) is 4.69. The van der Waals surface area contributed by atoms with E-state index in [9.17, 15) is 9.90 Å². The second kappa shape index (κ2) is 8.92. The molecule has 1 aromatic carbocycles. The van der Waals surface area contributed by atoms with Gasteiger partial charge in [0.25, 0.3) is 0 Å². The SMILES string of the molecule is CCOc1cc(CN2CCC(C(=O)NC(C)CC)CC2)ccc1O. The largest absolute Gasteiger partial charge is 0.504 e. The number of phenols is 1. The van der Waals surface area contributed by atoms with Crippen molar-refractivity contribution in [2.24, 2.45) is 5.92 Å². The van der Waals surface area contributed by atoms with E-state index in [0.29, 0.717) is 12.4 Å². The number of hydrogen-bond acceptors (Lipinski definition) is 4. The number of nitrogens with zero attached hydrogens (tertiary/aromatic N) is 1. The summed E-state index contributed by atoms with van der Waals surface area (Å²) in [5.41, 5.74) is 1.12. The fourth-order valence-corrected chi connectivity index (χ4v) is 3.00. The van der Waals surface area contributed by atoms with Gasteiger partial charge in [-0.1, -0.05) is 13.0 Å². The number of nitrogens with one attached hydrogen (secondary N) is 1. The topological polar surface area (TPSA) is 61.8 Å². The molecule has 1 fully saturated rings. The molecule has 2 N–H and O–H groups in total. The van der Waals surface area contributed by atoms with Crippen LogP contribution in [0.1, 0.15) is 45.6 Å². The van der Waals surface area contributed by atoms with Crippen LogP contribution in [0.5, 0.6) is 11.5 Å². The number of benzene rings is 1.